The van der Waals surface area contributed by atoms with Crippen LogP contribution in [0.4, 0.5) is 0 Å². The Labute approximate surface area is 158 Å². The smallest absolute Gasteiger partial charge is 0.267 e. The Morgan fingerprint density at radius 2 is 1.92 bits per heavy atom. The summed E-state index contributed by atoms with van der Waals surface area (Å²) in [7, 11) is 0. The van der Waals surface area contributed by atoms with Crippen molar-refractivity contribution in [2.45, 2.75) is 39.2 Å². The van der Waals surface area contributed by atoms with Crippen LogP contribution in [0.2, 0.25) is 5.02 Å². The molecule has 0 radical (unpaired) electrons. The maximum absolute atomic E-state index is 12.0. The molecular formula is C21H23ClN2O2. The molecule has 1 aliphatic heterocycles. The number of pyridine rings is 1. The molecule has 0 unspecified atom stereocenters. The summed E-state index contributed by atoms with van der Waals surface area (Å²) in [5.41, 5.74) is 3.54. The van der Waals surface area contributed by atoms with Crippen LogP contribution in [-0.2, 0) is 11.2 Å². The Kier molecular flexibility index (Phi) is 5.62. The Morgan fingerprint density at radius 3 is 2.50 bits per heavy atom. The maximum Gasteiger partial charge on any atom is 0.267 e. The van der Waals surface area contributed by atoms with Crippen LogP contribution in [0.25, 0.3) is 5.57 Å². The van der Waals surface area contributed by atoms with Crippen molar-refractivity contribution in [2.75, 3.05) is 0 Å². The van der Waals surface area contributed by atoms with Crippen LogP contribution in [0.1, 0.15) is 43.5 Å². The van der Waals surface area contributed by atoms with Crippen molar-refractivity contribution < 1.29 is 4.79 Å². The van der Waals surface area contributed by atoms with Crippen molar-refractivity contribution in [3.05, 3.63) is 74.7 Å². The van der Waals surface area contributed by atoms with Gasteiger partial charge in [0.15, 0.2) is 0 Å². The van der Waals surface area contributed by atoms with Gasteiger partial charge in [0.2, 0.25) is 5.91 Å². The molecule has 1 aromatic heterocycles. The van der Waals surface area contributed by atoms with Gasteiger partial charge >= 0.3 is 0 Å². The van der Waals surface area contributed by atoms with Gasteiger partial charge in [0.25, 0.3) is 5.56 Å². The first-order chi connectivity index (χ1) is 12.4. The van der Waals surface area contributed by atoms with Gasteiger partial charge in [0.1, 0.15) is 5.02 Å². The number of hydrogen-bond acceptors (Lipinski definition) is 2. The van der Waals surface area contributed by atoms with Gasteiger partial charge in [0.05, 0.1) is 0 Å². The van der Waals surface area contributed by atoms with Gasteiger partial charge in [-0.05, 0) is 42.0 Å². The number of amides is 1. The third-order valence-corrected chi connectivity index (χ3v) is 4.75. The van der Waals surface area contributed by atoms with E-state index in [-0.39, 0.29) is 22.5 Å². The van der Waals surface area contributed by atoms with Crippen LogP contribution in [-0.4, -0.2) is 16.9 Å². The molecule has 0 bridgehead atoms. The largest absolute Gasteiger partial charge is 0.350 e. The van der Waals surface area contributed by atoms with Gasteiger partial charge in [-0.3, -0.25) is 9.59 Å². The topological polar surface area (TPSA) is 62.0 Å². The number of carbonyl (C=O) groups is 1. The summed E-state index contributed by atoms with van der Waals surface area (Å²) in [6.07, 6.45) is 4.32. The van der Waals surface area contributed by atoms with Gasteiger partial charge < -0.3 is 10.3 Å². The molecule has 1 fully saturated rings. The first-order valence-corrected chi connectivity index (χ1v) is 9.30. The third-order valence-electron chi connectivity index (χ3n) is 4.46. The average molecular weight is 371 g/mol. The second kappa shape index (κ2) is 7.92. The number of H-pyrrole nitrogens is 1. The van der Waals surface area contributed by atoms with Crippen molar-refractivity contribution in [3.63, 3.8) is 0 Å². The lowest BCUT2D eigenvalue weighted by Gasteiger charge is -2.13. The Hall–Kier alpha value is -2.33. The maximum atomic E-state index is 12.0. The highest BCUT2D eigenvalue weighted by Crippen LogP contribution is 2.25. The van der Waals surface area contributed by atoms with Crippen LogP contribution in [0, 0.1) is 5.92 Å². The van der Waals surface area contributed by atoms with Crippen molar-refractivity contribution in [3.8, 4) is 0 Å². The minimum Gasteiger partial charge on any atom is -0.350 e. The lowest BCUT2D eigenvalue weighted by Crippen LogP contribution is -2.23. The Balaban J connectivity index is 1.99. The van der Waals surface area contributed by atoms with E-state index in [2.05, 4.69) is 48.4 Å². The second-order valence-corrected chi connectivity index (χ2v) is 7.54. The third kappa shape index (κ3) is 4.44. The fourth-order valence-electron chi connectivity index (χ4n) is 3.21. The lowest BCUT2D eigenvalue weighted by atomic mass is 9.96. The molecule has 136 valence electrons. The van der Waals surface area contributed by atoms with Crippen LogP contribution in [0.5, 0.6) is 0 Å². The van der Waals surface area contributed by atoms with E-state index in [0.29, 0.717) is 18.0 Å². The van der Waals surface area contributed by atoms with Gasteiger partial charge in [-0.25, -0.2) is 0 Å². The quantitative estimate of drug-likeness (QED) is 0.837. The van der Waals surface area contributed by atoms with E-state index in [4.69, 9.17) is 11.6 Å². The van der Waals surface area contributed by atoms with E-state index < -0.39 is 0 Å². The normalized spacial score (nSPS) is 17.6. The molecule has 0 saturated carbocycles. The molecule has 0 aliphatic carbocycles. The zero-order chi connectivity index (χ0) is 18.7. The SMILES string of the molecule is CC(C)Cc1ccc(/C(=C\[C@H]2CCC(=O)N2)c2ccc(Cl)c(=O)[nH]2)cc1. The van der Waals surface area contributed by atoms with E-state index in [0.717, 1.165) is 24.0 Å². The van der Waals surface area contributed by atoms with E-state index in [1.807, 2.05) is 6.08 Å². The molecule has 26 heavy (non-hydrogen) atoms. The lowest BCUT2D eigenvalue weighted by molar-refractivity contribution is -0.119. The number of carbonyl (C=O) groups excluding carboxylic acids is 1. The molecule has 1 aromatic carbocycles. The van der Waals surface area contributed by atoms with Gasteiger partial charge in [-0.15, -0.1) is 0 Å². The standard InChI is InChI=1S/C21H23ClN2O2/c1-13(2)11-14-3-5-15(6-4-14)17(12-16-7-10-20(25)23-16)19-9-8-18(22)21(26)24-19/h3-6,8-9,12-13,16H,7,10-11H2,1-2H3,(H,23,25)(H,24,26)/b17-12+/t16-/m1/s1. The summed E-state index contributed by atoms with van der Waals surface area (Å²) in [4.78, 5) is 26.3. The van der Waals surface area contributed by atoms with Gasteiger partial charge in [-0.2, -0.15) is 0 Å². The van der Waals surface area contributed by atoms with Gasteiger partial charge in [-0.1, -0.05) is 55.8 Å². The summed E-state index contributed by atoms with van der Waals surface area (Å²) in [5, 5.41) is 3.12. The zero-order valence-electron chi connectivity index (χ0n) is 15.0. The number of halogens is 1. The van der Waals surface area contributed by atoms with Gasteiger partial charge in [0, 0.05) is 23.7 Å². The van der Waals surface area contributed by atoms with Crippen LogP contribution < -0.4 is 10.9 Å². The minimum atomic E-state index is -0.318. The molecule has 2 N–H and O–H groups in total. The molecule has 1 atom stereocenters. The number of nitrogens with one attached hydrogen (secondary N) is 2. The second-order valence-electron chi connectivity index (χ2n) is 7.14. The molecule has 1 amide bonds. The van der Waals surface area contributed by atoms with E-state index >= 15 is 0 Å². The summed E-state index contributed by atoms with van der Waals surface area (Å²) in [6.45, 7) is 4.39. The fourth-order valence-corrected chi connectivity index (χ4v) is 3.32. The predicted molar refractivity (Wildman–Crippen MR) is 105 cm³/mol. The van der Waals surface area contributed by atoms with E-state index in [1.165, 1.54) is 5.56 Å². The molecule has 4 nitrogen and oxygen atoms in total. The molecule has 1 aliphatic rings. The Bertz CT molecular complexity index is 882. The molecule has 5 heteroatoms. The first kappa shape index (κ1) is 18.5. The Morgan fingerprint density at radius 1 is 1.19 bits per heavy atom. The fraction of sp³-hybridized carbons (Fsp3) is 0.333. The monoisotopic (exact) mass is 370 g/mol. The average Bonchev–Trinajstić information content (AvgIpc) is 3.01. The zero-order valence-corrected chi connectivity index (χ0v) is 15.8. The molecule has 0 spiro atoms. The van der Waals surface area contributed by atoms with E-state index in [1.54, 1.807) is 12.1 Å². The number of aromatic nitrogens is 1. The number of aromatic amines is 1. The molecule has 2 aromatic rings. The highest BCUT2D eigenvalue weighted by atomic mass is 35.5. The molecule has 1 saturated heterocycles. The highest BCUT2D eigenvalue weighted by Gasteiger charge is 2.20. The summed E-state index contributed by atoms with van der Waals surface area (Å²) < 4.78 is 0. The number of benzene rings is 1. The summed E-state index contributed by atoms with van der Waals surface area (Å²) in [6, 6.07) is 11.7. The summed E-state index contributed by atoms with van der Waals surface area (Å²) >= 11 is 5.87. The van der Waals surface area contributed by atoms with Crippen molar-refractivity contribution in [1.29, 1.82) is 0 Å². The van der Waals surface area contributed by atoms with Crippen LogP contribution >= 0.6 is 11.6 Å². The van der Waals surface area contributed by atoms with Crippen LogP contribution in [0.3, 0.4) is 0 Å². The van der Waals surface area contributed by atoms with E-state index in [9.17, 15) is 9.59 Å². The molecular weight excluding hydrogens is 348 g/mol. The van der Waals surface area contributed by atoms with Crippen molar-refractivity contribution >= 4 is 23.1 Å². The minimum absolute atomic E-state index is 0.0352. The summed E-state index contributed by atoms with van der Waals surface area (Å²) in [5.74, 6) is 0.652. The predicted octanol–water partition coefficient (Wildman–Crippen LogP) is 3.94. The molecule has 3 rings (SSSR count). The first-order valence-electron chi connectivity index (χ1n) is 8.92. The highest BCUT2D eigenvalue weighted by molar-refractivity contribution is 6.30. The number of rotatable bonds is 5. The van der Waals surface area contributed by atoms with Crippen molar-refractivity contribution in [1.82, 2.24) is 10.3 Å². The number of hydrogen-bond donors (Lipinski definition) is 2. The van der Waals surface area contributed by atoms with Crippen LogP contribution in [0.15, 0.2) is 47.3 Å². The molecule has 2 heterocycles. The van der Waals surface area contributed by atoms with Crippen molar-refractivity contribution in [2.24, 2.45) is 5.92 Å².